The van der Waals surface area contributed by atoms with Gasteiger partial charge in [-0.1, -0.05) is 30.3 Å². The van der Waals surface area contributed by atoms with E-state index in [2.05, 4.69) is 5.32 Å². The Morgan fingerprint density at radius 3 is 2.65 bits per heavy atom. The normalized spacial score (nSPS) is 13.4. The zero-order valence-electron chi connectivity index (χ0n) is 17.5. The van der Waals surface area contributed by atoms with E-state index in [-0.39, 0.29) is 10.5 Å². The maximum atomic E-state index is 13.4. The first-order valence-electron chi connectivity index (χ1n) is 10.1. The number of benzene rings is 3. The van der Waals surface area contributed by atoms with Gasteiger partial charge in [0, 0.05) is 12.1 Å². The lowest BCUT2D eigenvalue weighted by molar-refractivity contribution is 0.102. The molecule has 3 aromatic rings. The minimum Gasteiger partial charge on any atom is -0.495 e. The van der Waals surface area contributed by atoms with Crippen LogP contribution in [0.1, 0.15) is 27.9 Å². The van der Waals surface area contributed by atoms with Crippen LogP contribution in [0.3, 0.4) is 0 Å². The van der Waals surface area contributed by atoms with Gasteiger partial charge >= 0.3 is 0 Å². The van der Waals surface area contributed by atoms with Gasteiger partial charge in [-0.15, -0.1) is 0 Å². The standard InChI is InChI=1S/C24H24N2O4S/c1-17-12-13-23(30-2)21(15-17)25-24(27)19-8-5-10-20(16-19)31(28,29)26-14-6-9-18-7-3-4-11-22(18)26/h3-5,7-8,10-13,15-16H,6,9,14H2,1-2H3,(H,25,27). The van der Waals surface area contributed by atoms with Crippen molar-refractivity contribution in [1.82, 2.24) is 0 Å². The fourth-order valence-corrected chi connectivity index (χ4v) is 5.38. The summed E-state index contributed by atoms with van der Waals surface area (Å²) < 4.78 is 33.6. The van der Waals surface area contributed by atoms with Crippen LogP contribution in [0.25, 0.3) is 0 Å². The first-order valence-corrected chi connectivity index (χ1v) is 11.5. The van der Waals surface area contributed by atoms with E-state index in [0.717, 1.165) is 24.0 Å². The molecule has 0 bridgehead atoms. The molecule has 3 aromatic carbocycles. The van der Waals surface area contributed by atoms with Gasteiger partial charge in [0.2, 0.25) is 0 Å². The minimum absolute atomic E-state index is 0.0908. The highest BCUT2D eigenvalue weighted by molar-refractivity contribution is 7.92. The lowest BCUT2D eigenvalue weighted by Crippen LogP contribution is -2.35. The van der Waals surface area contributed by atoms with E-state index in [1.165, 1.54) is 23.5 Å². The van der Waals surface area contributed by atoms with Crippen molar-refractivity contribution in [3.8, 4) is 5.75 Å². The van der Waals surface area contributed by atoms with Crippen LogP contribution in [-0.4, -0.2) is 28.0 Å². The second-order valence-electron chi connectivity index (χ2n) is 7.50. The summed E-state index contributed by atoms with van der Waals surface area (Å²) in [5.41, 5.74) is 3.47. The first-order chi connectivity index (χ1) is 14.9. The number of hydrogen-bond donors (Lipinski definition) is 1. The third kappa shape index (κ3) is 4.14. The molecule has 0 spiro atoms. The molecule has 7 heteroatoms. The lowest BCUT2D eigenvalue weighted by Gasteiger charge is -2.30. The molecule has 0 unspecified atom stereocenters. The topological polar surface area (TPSA) is 75.7 Å². The molecule has 0 saturated carbocycles. The monoisotopic (exact) mass is 436 g/mol. The highest BCUT2D eigenvalue weighted by Gasteiger charge is 2.29. The van der Waals surface area contributed by atoms with E-state index < -0.39 is 15.9 Å². The highest BCUT2D eigenvalue weighted by atomic mass is 32.2. The molecule has 0 aliphatic carbocycles. The van der Waals surface area contributed by atoms with Gasteiger partial charge in [-0.25, -0.2) is 8.42 Å². The zero-order valence-corrected chi connectivity index (χ0v) is 18.3. The number of nitrogens with zero attached hydrogens (tertiary/aromatic N) is 1. The van der Waals surface area contributed by atoms with E-state index in [9.17, 15) is 13.2 Å². The number of aryl methyl sites for hydroxylation is 2. The van der Waals surface area contributed by atoms with Crippen molar-refractivity contribution in [1.29, 1.82) is 0 Å². The predicted molar refractivity (Wildman–Crippen MR) is 121 cm³/mol. The Kier molecular flexibility index (Phi) is 5.69. The lowest BCUT2D eigenvalue weighted by atomic mass is 10.0. The van der Waals surface area contributed by atoms with Crippen molar-refractivity contribution in [3.05, 3.63) is 83.4 Å². The molecule has 1 heterocycles. The third-order valence-corrected chi connectivity index (χ3v) is 7.16. The average Bonchev–Trinajstić information content (AvgIpc) is 2.79. The quantitative estimate of drug-likeness (QED) is 0.643. The number of ether oxygens (including phenoxy) is 1. The van der Waals surface area contributed by atoms with E-state index in [4.69, 9.17) is 4.74 Å². The minimum atomic E-state index is -3.80. The van der Waals surface area contributed by atoms with Crippen molar-refractivity contribution < 1.29 is 17.9 Å². The number of rotatable bonds is 5. The van der Waals surface area contributed by atoms with Gasteiger partial charge < -0.3 is 10.1 Å². The number of nitrogens with one attached hydrogen (secondary N) is 1. The summed E-state index contributed by atoms with van der Waals surface area (Å²) in [5, 5.41) is 2.82. The Balaban J connectivity index is 1.65. The van der Waals surface area contributed by atoms with E-state index >= 15 is 0 Å². The van der Waals surface area contributed by atoms with E-state index in [0.29, 0.717) is 23.7 Å². The van der Waals surface area contributed by atoms with Crippen LogP contribution in [0, 0.1) is 6.92 Å². The van der Waals surface area contributed by atoms with E-state index in [1.54, 1.807) is 18.2 Å². The summed E-state index contributed by atoms with van der Waals surface area (Å²) in [6.07, 6.45) is 1.60. The molecule has 1 aliphatic rings. The Hall–Kier alpha value is -3.32. The predicted octanol–water partition coefficient (Wildman–Crippen LogP) is 4.40. The van der Waals surface area contributed by atoms with Crippen LogP contribution < -0.4 is 14.4 Å². The third-order valence-electron chi connectivity index (χ3n) is 5.36. The van der Waals surface area contributed by atoms with Gasteiger partial charge in [-0.05, 0) is 67.3 Å². The van der Waals surface area contributed by atoms with Crippen molar-refractivity contribution in [2.75, 3.05) is 23.3 Å². The molecule has 31 heavy (non-hydrogen) atoms. The molecule has 1 N–H and O–H groups in total. The van der Waals surface area contributed by atoms with Crippen LogP contribution in [0.15, 0.2) is 71.6 Å². The summed E-state index contributed by atoms with van der Waals surface area (Å²) >= 11 is 0. The Morgan fingerprint density at radius 1 is 1.03 bits per heavy atom. The number of amides is 1. The summed E-state index contributed by atoms with van der Waals surface area (Å²) in [7, 11) is -2.26. The fraction of sp³-hybridized carbons (Fsp3) is 0.208. The zero-order chi connectivity index (χ0) is 22.0. The Labute approximate surface area is 182 Å². The molecular weight excluding hydrogens is 412 g/mol. The second-order valence-corrected chi connectivity index (χ2v) is 9.36. The number of anilines is 2. The second kappa shape index (κ2) is 8.43. The number of methoxy groups -OCH3 is 1. The van der Waals surface area contributed by atoms with Gasteiger partial charge in [-0.2, -0.15) is 0 Å². The molecule has 0 fully saturated rings. The molecule has 160 valence electrons. The summed E-state index contributed by atoms with van der Waals surface area (Å²) in [4.78, 5) is 13.0. The average molecular weight is 437 g/mol. The van der Waals surface area contributed by atoms with Gasteiger partial charge in [0.15, 0.2) is 0 Å². The molecule has 6 nitrogen and oxygen atoms in total. The summed E-state index contributed by atoms with van der Waals surface area (Å²) in [6, 6.07) is 19.1. The number of para-hydroxylation sites is 1. The largest absolute Gasteiger partial charge is 0.495 e. The maximum Gasteiger partial charge on any atom is 0.264 e. The van der Waals surface area contributed by atoms with Gasteiger partial charge in [0.05, 0.1) is 23.4 Å². The van der Waals surface area contributed by atoms with Crippen LogP contribution in [-0.2, 0) is 16.4 Å². The SMILES string of the molecule is COc1ccc(C)cc1NC(=O)c1cccc(S(=O)(=O)N2CCCc3ccccc32)c1. The smallest absolute Gasteiger partial charge is 0.264 e. The molecular formula is C24H24N2O4S. The van der Waals surface area contributed by atoms with Crippen LogP contribution in [0.5, 0.6) is 5.75 Å². The summed E-state index contributed by atoms with van der Waals surface area (Å²) in [6.45, 7) is 2.33. The number of sulfonamides is 1. The van der Waals surface area contributed by atoms with Crippen LogP contribution in [0.4, 0.5) is 11.4 Å². The van der Waals surface area contributed by atoms with Gasteiger partial charge in [0.1, 0.15) is 5.75 Å². The van der Waals surface area contributed by atoms with E-state index in [1.807, 2.05) is 43.3 Å². The number of hydrogen-bond acceptors (Lipinski definition) is 4. The number of carbonyl (C=O) groups is 1. The Bertz CT molecular complexity index is 1240. The van der Waals surface area contributed by atoms with Gasteiger partial charge in [0.25, 0.3) is 15.9 Å². The maximum absolute atomic E-state index is 13.4. The number of carbonyl (C=O) groups excluding carboxylic acids is 1. The molecule has 4 rings (SSSR count). The van der Waals surface area contributed by atoms with Crippen LogP contribution in [0.2, 0.25) is 0 Å². The molecule has 0 radical (unpaired) electrons. The van der Waals surface area contributed by atoms with Gasteiger partial charge in [-0.3, -0.25) is 9.10 Å². The fourth-order valence-electron chi connectivity index (χ4n) is 3.79. The number of fused-ring (bicyclic) bond motifs is 1. The van der Waals surface area contributed by atoms with Crippen LogP contribution >= 0.6 is 0 Å². The summed E-state index contributed by atoms with van der Waals surface area (Å²) in [5.74, 6) is 0.132. The van der Waals surface area contributed by atoms with Crippen molar-refractivity contribution in [3.63, 3.8) is 0 Å². The molecule has 1 aliphatic heterocycles. The molecule has 0 atom stereocenters. The molecule has 1 amide bonds. The molecule has 0 saturated heterocycles. The van der Waals surface area contributed by atoms with Crippen molar-refractivity contribution >= 4 is 27.3 Å². The first kappa shape index (κ1) is 20.9. The van der Waals surface area contributed by atoms with Crippen molar-refractivity contribution in [2.24, 2.45) is 0 Å². The highest BCUT2D eigenvalue weighted by Crippen LogP contribution is 2.32. The van der Waals surface area contributed by atoms with Crippen molar-refractivity contribution in [2.45, 2.75) is 24.7 Å². The molecule has 0 aromatic heterocycles. The Morgan fingerprint density at radius 2 is 1.84 bits per heavy atom.